The number of hydrogen-bond acceptors (Lipinski definition) is 6. The van der Waals surface area contributed by atoms with Crippen molar-refractivity contribution in [3.63, 3.8) is 0 Å². The molecule has 2 rings (SSSR count). The van der Waals surface area contributed by atoms with E-state index in [9.17, 15) is 8.42 Å². The summed E-state index contributed by atoms with van der Waals surface area (Å²) < 4.78 is 23.1. The number of anilines is 1. The van der Waals surface area contributed by atoms with Gasteiger partial charge in [0, 0.05) is 12.0 Å². The second-order valence-corrected chi connectivity index (χ2v) is 6.64. The Morgan fingerprint density at radius 1 is 1.24 bits per heavy atom. The van der Waals surface area contributed by atoms with Crippen molar-refractivity contribution in [1.29, 1.82) is 0 Å². The third-order valence-electron chi connectivity index (χ3n) is 2.86. The zero-order valence-corrected chi connectivity index (χ0v) is 10.5. The maximum absolute atomic E-state index is 11.6. The van der Waals surface area contributed by atoms with Crippen molar-refractivity contribution in [3.8, 4) is 0 Å². The van der Waals surface area contributed by atoms with Crippen molar-refractivity contribution < 1.29 is 8.42 Å². The first kappa shape index (κ1) is 12.3. The van der Waals surface area contributed by atoms with Gasteiger partial charge < -0.3 is 11.5 Å². The molecule has 17 heavy (non-hydrogen) atoms. The van der Waals surface area contributed by atoms with Gasteiger partial charge in [-0.2, -0.15) is 0 Å². The van der Waals surface area contributed by atoms with Crippen LogP contribution in [0.15, 0.2) is 0 Å². The highest BCUT2D eigenvalue weighted by Gasteiger charge is 2.22. The lowest BCUT2D eigenvalue weighted by atomic mass is 10.1. The van der Waals surface area contributed by atoms with Gasteiger partial charge in [0.25, 0.3) is 0 Å². The van der Waals surface area contributed by atoms with E-state index in [-0.39, 0.29) is 17.5 Å². The maximum atomic E-state index is 11.6. The summed E-state index contributed by atoms with van der Waals surface area (Å²) in [6, 6.07) is -0.303. The minimum absolute atomic E-state index is 0.116. The van der Waals surface area contributed by atoms with Crippen LogP contribution in [0.3, 0.4) is 0 Å². The third kappa shape index (κ3) is 2.55. The summed E-state index contributed by atoms with van der Waals surface area (Å²) in [5.74, 6) is 1.07. The molecular formula is C10H16N4O2S. The van der Waals surface area contributed by atoms with Gasteiger partial charge in [0.2, 0.25) is 0 Å². The van der Waals surface area contributed by atoms with Crippen molar-refractivity contribution in [2.75, 3.05) is 17.2 Å². The van der Waals surface area contributed by atoms with E-state index in [4.69, 9.17) is 11.5 Å². The van der Waals surface area contributed by atoms with Gasteiger partial charge >= 0.3 is 0 Å². The number of rotatable bonds is 1. The van der Waals surface area contributed by atoms with Crippen molar-refractivity contribution in [1.82, 2.24) is 9.97 Å². The molecule has 1 aromatic rings. The first-order valence-electron chi connectivity index (χ1n) is 5.50. The molecular weight excluding hydrogens is 240 g/mol. The van der Waals surface area contributed by atoms with Crippen LogP contribution < -0.4 is 11.5 Å². The fourth-order valence-electron chi connectivity index (χ4n) is 1.86. The highest BCUT2D eigenvalue weighted by molar-refractivity contribution is 7.91. The lowest BCUT2D eigenvalue weighted by Crippen LogP contribution is -2.15. The van der Waals surface area contributed by atoms with E-state index in [2.05, 4.69) is 9.97 Å². The van der Waals surface area contributed by atoms with Crippen LogP contribution in [0.25, 0.3) is 0 Å². The average molecular weight is 256 g/mol. The van der Waals surface area contributed by atoms with Gasteiger partial charge in [-0.15, -0.1) is 0 Å². The summed E-state index contributed by atoms with van der Waals surface area (Å²) >= 11 is 0. The summed E-state index contributed by atoms with van der Waals surface area (Å²) in [7, 11) is -2.99. The molecule has 1 unspecified atom stereocenters. The Morgan fingerprint density at radius 3 is 2.53 bits per heavy atom. The summed E-state index contributed by atoms with van der Waals surface area (Å²) in [5.41, 5.74) is 13.0. The summed E-state index contributed by atoms with van der Waals surface area (Å²) in [5, 5.41) is 0. The van der Waals surface area contributed by atoms with E-state index in [1.807, 2.05) is 0 Å². The highest BCUT2D eigenvalue weighted by atomic mass is 32.2. The Balaban J connectivity index is 2.46. The molecule has 0 aromatic carbocycles. The molecule has 0 aliphatic carbocycles. The molecule has 0 fully saturated rings. The second kappa shape index (κ2) is 4.23. The van der Waals surface area contributed by atoms with Crippen LogP contribution >= 0.6 is 0 Å². The predicted octanol–water partition coefficient (Wildman–Crippen LogP) is -0.408. The number of hydrogen-bond donors (Lipinski definition) is 2. The topological polar surface area (TPSA) is 112 Å². The van der Waals surface area contributed by atoms with E-state index >= 15 is 0 Å². The number of nitrogens with two attached hydrogens (primary N) is 2. The Kier molecular flexibility index (Phi) is 3.05. The molecule has 0 saturated heterocycles. The molecule has 4 N–H and O–H groups in total. The van der Waals surface area contributed by atoms with Gasteiger partial charge in [0.15, 0.2) is 9.84 Å². The highest BCUT2D eigenvalue weighted by Crippen LogP contribution is 2.21. The van der Waals surface area contributed by atoms with E-state index < -0.39 is 9.84 Å². The zero-order valence-electron chi connectivity index (χ0n) is 9.68. The summed E-state index contributed by atoms with van der Waals surface area (Å²) in [6.07, 6.45) is 0.785. The lowest BCUT2D eigenvalue weighted by Gasteiger charge is -2.11. The molecule has 1 atom stereocenters. The quantitative estimate of drug-likeness (QED) is 0.706. The van der Waals surface area contributed by atoms with Crippen molar-refractivity contribution in [2.45, 2.75) is 25.8 Å². The average Bonchev–Trinajstić information content (AvgIpc) is 2.38. The molecule has 0 saturated carbocycles. The Hall–Kier alpha value is -1.21. The number of aromatic nitrogens is 2. The van der Waals surface area contributed by atoms with Gasteiger partial charge in [0.05, 0.1) is 23.2 Å². The molecule has 0 spiro atoms. The molecule has 6 nitrogen and oxygen atoms in total. The molecule has 1 aliphatic heterocycles. The van der Waals surface area contributed by atoms with Crippen LogP contribution in [-0.2, 0) is 22.7 Å². The minimum atomic E-state index is -2.99. The van der Waals surface area contributed by atoms with Crippen LogP contribution in [-0.4, -0.2) is 29.9 Å². The van der Waals surface area contributed by atoms with Crippen LogP contribution in [0.4, 0.5) is 5.82 Å². The Labute approximate surface area is 100 Å². The van der Waals surface area contributed by atoms with Crippen molar-refractivity contribution in [3.05, 3.63) is 17.1 Å². The van der Waals surface area contributed by atoms with Gasteiger partial charge in [0.1, 0.15) is 11.6 Å². The van der Waals surface area contributed by atoms with Crippen LogP contribution in [0.1, 0.15) is 30.0 Å². The smallest absolute Gasteiger partial charge is 0.151 e. The first-order chi connectivity index (χ1) is 7.89. The molecule has 1 aromatic heterocycles. The number of fused-ring (bicyclic) bond motifs is 1. The summed E-state index contributed by atoms with van der Waals surface area (Å²) in [4.78, 5) is 8.44. The Morgan fingerprint density at radius 2 is 1.88 bits per heavy atom. The minimum Gasteiger partial charge on any atom is -0.383 e. The number of nitrogens with zero attached hydrogens (tertiary/aromatic N) is 2. The molecule has 94 valence electrons. The predicted molar refractivity (Wildman–Crippen MR) is 65.1 cm³/mol. The van der Waals surface area contributed by atoms with Gasteiger partial charge in [-0.3, -0.25) is 0 Å². The normalized spacial score (nSPS) is 20.4. The fraction of sp³-hybridized carbons (Fsp3) is 0.600. The van der Waals surface area contributed by atoms with E-state index in [0.29, 0.717) is 24.5 Å². The largest absolute Gasteiger partial charge is 0.383 e. The number of aryl methyl sites for hydroxylation is 1. The van der Waals surface area contributed by atoms with Gasteiger partial charge in [-0.05, 0) is 13.3 Å². The molecule has 1 aliphatic rings. The monoisotopic (exact) mass is 256 g/mol. The molecule has 0 bridgehead atoms. The fourth-order valence-corrected chi connectivity index (χ4v) is 3.09. The summed E-state index contributed by atoms with van der Waals surface area (Å²) in [6.45, 7) is 1.77. The maximum Gasteiger partial charge on any atom is 0.151 e. The van der Waals surface area contributed by atoms with E-state index in [1.54, 1.807) is 6.92 Å². The first-order valence-corrected chi connectivity index (χ1v) is 7.32. The molecule has 7 heteroatoms. The van der Waals surface area contributed by atoms with E-state index in [1.165, 1.54) is 0 Å². The van der Waals surface area contributed by atoms with E-state index in [0.717, 1.165) is 11.3 Å². The van der Waals surface area contributed by atoms with Gasteiger partial charge in [-0.1, -0.05) is 0 Å². The lowest BCUT2D eigenvalue weighted by molar-refractivity contribution is 0.596. The van der Waals surface area contributed by atoms with Crippen LogP contribution in [0.5, 0.6) is 0 Å². The number of nitrogen functional groups attached to an aromatic ring is 1. The Bertz CT molecular complexity index is 539. The van der Waals surface area contributed by atoms with Crippen LogP contribution in [0, 0.1) is 0 Å². The van der Waals surface area contributed by atoms with Crippen molar-refractivity contribution >= 4 is 15.7 Å². The zero-order chi connectivity index (χ0) is 12.6. The van der Waals surface area contributed by atoms with Crippen molar-refractivity contribution in [2.24, 2.45) is 5.73 Å². The third-order valence-corrected chi connectivity index (χ3v) is 4.51. The van der Waals surface area contributed by atoms with Crippen LogP contribution in [0.2, 0.25) is 0 Å². The molecule has 0 amide bonds. The SMILES string of the molecule is CC(N)c1nc(N)c2c(n1)CCS(=O)(=O)CC2. The molecule has 0 radical (unpaired) electrons. The van der Waals surface area contributed by atoms with Gasteiger partial charge in [-0.25, -0.2) is 18.4 Å². The second-order valence-electron chi connectivity index (χ2n) is 4.33. The molecule has 2 heterocycles. The standard InChI is InChI=1S/C10H16N4O2S/c1-6(11)10-13-8-3-5-17(15,16)4-2-7(8)9(12)14-10/h6H,2-5,11H2,1H3,(H2,12,13,14). The number of sulfone groups is 1.